The minimum Gasteiger partial charge on any atom is -0.495 e. The van der Waals surface area contributed by atoms with Crippen LogP contribution in [-0.4, -0.2) is 35.0 Å². The topological polar surface area (TPSA) is 67.3 Å². The van der Waals surface area contributed by atoms with Crippen LogP contribution in [0, 0.1) is 0 Å². The Labute approximate surface area is 178 Å². The molecular formula is C21H22N4O2S2. The molecule has 2 aromatic carbocycles. The van der Waals surface area contributed by atoms with Gasteiger partial charge in [0.25, 0.3) is 0 Å². The molecule has 8 heteroatoms. The van der Waals surface area contributed by atoms with E-state index in [0.717, 1.165) is 34.3 Å². The lowest BCUT2D eigenvalue weighted by Gasteiger charge is -2.35. The number of carbonyl (C=O) groups is 1. The monoisotopic (exact) mass is 426 g/mol. The molecule has 0 aliphatic carbocycles. The molecule has 1 aliphatic rings. The number of para-hydroxylation sites is 3. The highest BCUT2D eigenvalue weighted by Gasteiger charge is 2.28. The van der Waals surface area contributed by atoms with Crippen LogP contribution in [-0.2, 0) is 11.2 Å². The zero-order valence-electron chi connectivity index (χ0n) is 16.3. The Balaban J connectivity index is 1.41. The zero-order chi connectivity index (χ0) is 20.2. The number of hydrogen-bond donors (Lipinski definition) is 1. The molecule has 1 N–H and O–H groups in total. The van der Waals surface area contributed by atoms with E-state index >= 15 is 0 Å². The number of benzene rings is 2. The third kappa shape index (κ3) is 4.38. The summed E-state index contributed by atoms with van der Waals surface area (Å²) in [5, 5.41) is 12.3. The lowest BCUT2D eigenvalue weighted by atomic mass is 9.97. The standard InChI is InChI=1S/C21H22N4O2S2/c1-14-11-12-15-7-3-5-9-17(15)25(14)19(26)13-28-21-24-23-20(29-21)22-16-8-4-6-10-18(16)27-2/h3-10,14H,11-13H2,1-2H3,(H,22,23). The molecule has 0 fully saturated rings. The largest absolute Gasteiger partial charge is 0.495 e. The van der Waals surface area contributed by atoms with Gasteiger partial charge in [-0.3, -0.25) is 4.79 Å². The van der Waals surface area contributed by atoms with Crippen molar-refractivity contribution < 1.29 is 9.53 Å². The van der Waals surface area contributed by atoms with Gasteiger partial charge in [0.2, 0.25) is 11.0 Å². The van der Waals surface area contributed by atoms with Crippen molar-refractivity contribution in [3.05, 3.63) is 54.1 Å². The van der Waals surface area contributed by atoms with E-state index in [1.807, 2.05) is 47.4 Å². The maximum absolute atomic E-state index is 13.0. The predicted molar refractivity (Wildman–Crippen MR) is 119 cm³/mol. The van der Waals surface area contributed by atoms with Crippen LogP contribution in [0.5, 0.6) is 5.75 Å². The van der Waals surface area contributed by atoms with Crippen LogP contribution >= 0.6 is 23.1 Å². The first-order valence-corrected chi connectivity index (χ1v) is 11.2. The van der Waals surface area contributed by atoms with Gasteiger partial charge in [-0.1, -0.05) is 53.4 Å². The van der Waals surface area contributed by atoms with E-state index in [2.05, 4.69) is 28.5 Å². The number of amides is 1. The fourth-order valence-electron chi connectivity index (χ4n) is 3.44. The average Bonchev–Trinajstić information content (AvgIpc) is 3.19. The van der Waals surface area contributed by atoms with Crippen molar-refractivity contribution in [2.75, 3.05) is 23.1 Å². The molecule has 1 unspecified atom stereocenters. The maximum atomic E-state index is 13.0. The number of thioether (sulfide) groups is 1. The molecule has 1 aliphatic heterocycles. The summed E-state index contributed by atoms with van der Waals surface area (Å²) < 4.78 is 6.11. The van der Waals surface area contributed by atoms with E-state index in [0.29, 0.717) is 10.9 Å². The van der Waals surface area contributed by atoms with Gasteiger partial charge >= 0.3 is 0 Å². The van der Waals surface area contributed by atoms with Gasteiger partial charge in [-0.15, -0.1) is 10.2 Å². The second kappa shape index (κ2) is 8.84. The molecule has 3 aromatic rings. The van der Waals surface area contributed by atoms with Crippen LogP contribution in [0.25, 0.3) is 0 Å². The van der Waals surface area contributed by atoms with E-state index < -0.39 is 0 Å². The summed E-state index contributed by atoms with van der Waals surface area (Å²) in [4.78, 5) is 14.9. The third-order valence-electron chi connectivity index (χ3n) is 4.87. The number of fused-ring (bicyclic) bond motifs is 1. The molecule has 0 spiro atoms. The normalized spacial score (nSPS) is 15.7. The summed E-state index contributed by atoms with van der Waals surface area (Å²) in [6.45, 7) is 2.11. The molecule has 0 radical (unpaired) electrons. The van der Waals surface area contributed by atoms with Crippen LogP contribution in [0.4, 0.5) is 16.5 Å². The molecule has 1 aromatic heterocycles. The summed E-state index contributed by atoms with van der Waals surface area (Å²) in [6.07, 6.45) is 2.00. The van der Waals surface area contributed by atoms with E-state index in [1.54, 1.807) is 7.11 Å². The Morgan fingerprint density at radius 3 is 2.90 bits per heavy atom. The SMILES string of the molecule is COc1ccccc1Nc1nnc(SCC(=O)N2c3ccccc3CCC2C)s1. The molecule has 0 saturated carbocycles. The number of carbonyl (C=O) groups excluding carboxylic acids is 1. The van der Waals surface area contributed by atoms with Crippen molar-refractivity contribution in [2.24, 2.45) is 0 Å². The summed E-state index contributed by atoms with van der Waals surface area (Å²) >= 11 is 2.85. The van der Waals surface area contributed by atoms with Crippen molar-refractivity contribution in [3.63, 3.8) is 0 Å². The van der Waals surface area contributed by atoms with Crippen molar-refractivity contribution in [2.45, 2.75) is 30.1 Å². The molecule has 6 nitrogen and oxygen atoms in total. The second-order valence-electron chi connectivity index (χ2n) is 6.77. The first-order valence-electron chi connectivity index (χ1n) is 9.42. The smallest absolute Gasteiger partial charge is 0.237 e. The molecule has 29 heavy (non-hydrogen) atoms. The van der Waals surface area contributed by atoms with Gasteiger partial charge in [0.15, 0.2) is 4.34 Å². The lowest BCUT2D eigenvalue weighted by Crippen LogP contribution is -2.43. The molecule has 1 atom stereocenters. The highest BCUT2D eigenvalue weighted by molar-refractivity contribution is 8.01. The summed E-state index contributed by atoms with van der Waals surface area (Å²) in [6, 6.07) is 16.0. The number of aromatic nitrogens is 2. The van der Waals surface area contributed by atoms with Gasteiger partial charge in [0.1, 0.15) is 5.75 Å². The summed E-state index contributed by atoms with van der Waals surface area (Å²) in [5.74, 6) is 1.18. The Kier molecular flexibility index (Phi) is 6.01. The lowest BCUT2D eigenvalue weighted by molar-refractivity contribution is -0.116. The first-order chi connectivity index (χ1) is 14.2. The zero-order valence-corrected chi connectivity index (χ0v) is 17.9. The first kappa shape index (κ1) is 19.7. The second-order valence-corrected chi connectivity index (χ2v) is 8.97. The Morgan fingerprint density at radius 2 is 2.03 bits per heavy atom. The Morgan fingerprint density at radius 1 is 1.24 bits per heavy atom. The number of ether oxygens (including phenoxy) is 1. The fourth-order valence-corrected chi connectivity index (χ4v) is 5.07. The molecule has 0 saturated heterocycles. The summed E-state index contributed by atoms with van der Waals surface area (Å²) in [5.41, 5.74) is 3.10. The number of anilines is 3. The van der Waals surface area contributed by atoms with Crippen LogP contribution in [0.2, 0.25) is 0 Å². The molecule has 4 rings (SSSR count). The number of nitrogens with one attached hydrogen (secondary N) is 1. The van der Waals surface area contributed by atoms with Gasteiger partial charge in [0, 0.05) is 11.7 Å². The Bertz CT molecular complexity index is 1010. The predicted octanol–water partition coefficient (Wildman–Crippen LogP) is 4.75. The van der Waals surface area contributed by atoms with Gasteiger partial charge in [0.05, 0.1) is 18.6 Å². The number of aryl methyl sites for hydroxylation is 1. The minimum atomic E-state index is 0.101. The molecule has 2 heterocycles. The molecule has 1 amide bonds. The van der Waals surface area contributed by atoms with Gasteiger partial charge in [-0.2, -0.15) is 0 Å². The van der Waals surface area contributed by atoms with E-state index in [9.17, 15) is 4.79 Å². The number of rotatable bonds is 6. The fraction of sp³-hybridized carbons (Fsp3) is 0.286. The third-order valence-corrected chi connectivity index (χ3v) is 6.82. The molecule has 150 valence electrons. The maximum Gasteiger partial charge on any atom is 0.237 e. The molecule has 0 bridgehead atoms. The molecular weight excluding hydrogens is 404 g/mol. The van der Waals surface area contributed by atoms with Crippen LogP contribution in [0.1, 0.15) is 18.9 Å². The average molecular weight is 427 g/mol. The highest BCUT2D eigenvalue weighted by atomic mass is 32.2. The van der Waals surface area contributed by atoms with Crippen molar-refractivity contribution >= 4 is 45.5 Å². The van der Waals surface area contributed by atoms with Crippen LogP contribution < -0.4 is 15.0 Å². The van der Waals surface area contributed by atoms with Gasteiger partial charge in [-0.25, -0.2) is 0 Å². The number of methoxy groups -OCH3 is 1. The number of hydrogen-bond acceptors (Lipinski definition) is 7. The van der Waals surface area contributed by atoms with E-state index in [-0.39, 0.29) is 11.9 Å². The van der Waals surface area contributed by atoms with Crippen molar-refractivity contribution in [1.29, 1.82) is 0 Å². The minimum absolute atomic E-state index is 0.101. The van der Waals surface area contributed by atoms with Crippen LogP contribution in [0.15, 0.2) is 52.9 Å². The van der Waals surface area contributed by atoms with Gasteiger partial charge < -0.3 is 15.0 Å². The highest BCUT2D eigenvalue weighted by Crippen LogP contribution is 2.34. The Hall–Kier alpha value is -2.58. The number of nitrogens with zero attached hydrogens (tertiary/aromatic N) is 3. The summed E-state index contributed by atoms with van der Waals surface area (Å²) in [7, 11) is 1.63. The van der Waals surface area contributed by atoms with Gasteiger partial charge in [-0.05, 0) is 43.5 Å². The van der Waals surface area contributed by atoms with Crippen molar-refractivity contribution in [1.82, 2.24) is 10.2 Å². The van der Waals surface area contributed by atoms with E-state index in [4.69, 9.17) is 4.74 Å². The quantitative estimate of drug-likeness (QED) is 0.574. The van der Waals surface area contributed by atoms with Crippen molar-refractivity contribution in [3.8, 4) is 5.75 Å². The van der Waals surface area contributed by atoms with Crippen LogP contribution in [0.3, 0.4) is 0 Å². The van der Waals surface area contributed by atoms with E-state index in [1.165, 1.54) is 28.7 Å².